The molecule has 30 heavy (non-hydrogen) atoms. The highest BCUT2D eigenvalue weighted by Crippen LogP contribution is 2.20. The summed E-state index contributed by atoms with van der Waals surface area (Å²) in [5.74, 6) is 1.06. The van der Waals surface area contributed by atoms with Crippen LogP contribution < -0.4 is 15.4 Å². The van der Waals surface area contributed by atoms with Gasteiger partial charge in [-0.05, 0) is 31.2 Å². The molecule has 1 heterocycles. The molecule has 0 bridgehead atoms. The van der Waals surface area contributed by atoms with Gasteiger partial charge in [-0.25, -0.2) is 0 Å². The number of carbonyl (C=O) groups is 2. The van der Waals surface area contributed by atoms with Gasteiger partial charge in [0, 0.05) is 24.0 Å². The molecule has 156 valence electrons. The summed E-state index contributed by atoms with van der Waals surface area (Å²) < 4.78 is 7.00. The number of hydrogen-bond acceptors (Lipinski definition) is 6. The van der Waals surface area contributed by atoms with Crippen LogP contribution in [-0.4, -0.2) is 39.4 Å². The van der Waals surface area contributed by atoms with Crippen LogP contribution in [-0.2, 0) is 22.6 Å². The SMILES string of the molecule is CCn1c(CC(=O)Nc2ccccc2)nnc1SCC(=O)Nc1cccc(OC)c1. The summed E-state index contributed by atoms with van der Waals surface area (Å²) in [6.45, 7) is 2.54. The molecule has 0 fully saturated rings. The Morgan fingerprint density at radius 3 is 2.47 bits per heavy atom. The van der Waals surface area contributed by atoms with Gasteiger partial charge in [0.2, 0.25) is 11.8 Å². The van der Waals surface area contributed by atoms with Crippen molar-refractivity contribution in [2.45, 2.75) is 25.0 Å². The summed E-state index contributed by atoms with van der Waals surface area (Å²) in [5.41, 5.74) is 1.39. The number of aromatic nitrogens is 3. The summed E-state index contributed by atoms with van der Waals surface area (Å²) in [7, 11) is 1.58. The summed E-state index contributed by atoms with van der Waals surface area (Å²) >= 11 is 1.28. The molecular formula is C21H23N5O3S. The standard InChI is InChI=1S/C21H23N5O3S/c1-3-26-18(13-19(27)22-15-8-5-4-6-9-15)24-25-21(26)30-14-20(28)23-16-10-7-11-17(12-16)29-2/h4-12H,3,13-14H2,1-2H3,(H,22,27)(H,23,28). The molecule has 0 atom stereocenters. The molecule has 0 aliphatic heterocycles. The summed E-state index contributed by atoms with van der Waals surface area (Å²) in [4.78, 5) is 24.6. The van der Waals surface area contributed by atoms with E-state index in [2.05, 4.69) is 20.8 Å². The third kappa shape index (κ3) is 5.84. The number of nitrogens with one attached hydrogen (secondary N) is 2. The highest BCUT2D eigenvalue weighted by atomic mass is 32.2. The fourth-order valence-corrected chi connectivity index (χ4v) is 3.59. The minimum Gasteiger partial charge on any atom is -0.497 e. The lowest BCUT2D eigenvalue weighted by Crippen LogP contribution is -2.18. The molecule has 0 radical (unpaired) electrons. The number of carbonyl (C=O) groups excluding carboxylic acids is 2. The number of thioether (sulfide) groups is 1. The molecule has 0 aliphatic rings. The number of para-hydroxylation sites is 1. The maximum absolute atomic E-state index is 12.3. The Morgan fingerprint density at radius 2 is 1.73 bits per heavy atom. The van der Waals surface area contributed by atoms with Crippen LogP contribution in [0, 0.1) is 0 Å². The second-order valence-electron chi connectivity index (χ2n) is 6.30. The fourth-order valence-electron chi connectivity index (χ4n) is 2.77. The van der Waals surface area contributed by atoms with E-state index in [0.717, 1.165) is 5.69 Å². The van der Waals surface area contributed by atoms with Crippen molar-refractivity contribution in [2.24, 2.45) is 0 Å². The van der Waals surface area contributed by atoms with Crippen LogP contribution in [0.4, 0.5) is 11.4 Å². The number of rotatable bonds is 9. The van der Waals surface area contributed by atoms with Gasteiger partial charge in [-0.2, -0.15) is 0 Å². The molecule has 0 aliphatic carbocycles. The van der Waals surface area contributed by atoms with Gasteiger partial charge in [0.25, 0.3) is 0 Å². The monoisotopic (exact) mass is 425 g/mol. The first-order chi connectivity index (χ1) is 14.6. The van der Waals surface area contributed by atoms with Crippen molar-refractivity contribution in [1.82, 2.24) is 14.8 Å². The van der Waals surface area contributed by atoms with Crippen LogP contribution in [0.3, 0.4) is 0 Å². The average Bonchev–Trinajstić information content (AvgIpc) is 3.14. The zero-order valence-corrected chi connectivity index (χ0v) is 17.6. The molecule has 3 aromatic rings. The van der Waals surface area contributed by atoms with Crippen LogP contribution >= 0.6 is 11.8 Å². The highest BCUT2D eigenvalue weighted by molar-refractivity contribution is 7.99. The average molecular weight is 426 g/mol. The summed E-state index contributed by atoms with van der Waals surface area (Å²) in [6, 6.07) is 16.4. The minimum absolute atomic E-state index is 0.103. The van der Waals surface area contributed by atoms with Crippen molar-refractivity contribution < 1.29 is 14.3 Å². The Kier molecular flexibility index (Phi) is 7.45. The van der Waals surface area contributed by atoms with Crippen LogP contribution in [0.25, 0.3) is 0 Å². The van der Waals surface area contributed by atoms with E-state index in [1.54, 1.807) is 19.2 Å². The van der Waals surface area contributed by atoms with Crippen LogP contribution in [0.15, 0.2) is 59.8 Å². The molecule has 2 N–H and O–H groups in total. The van der Waals surface area contributed by atoms with Gasteiger partial charge < -0.3 is 19.9 Å². The predicted octanol–water partition coefficient (Wildman–Crippen LogP) is 3.22. The second kappa shape index (κ2) is 10.4. The number of ether oxygens (including phenoxy) is 1. The van der Waals surface area contributed by atoms with Crippen molar-refractivity contribution in [1.29, 1.82) is 0 Å². The molecule has 3 rings (SSSR count). The zero-order chi connectivity index (χ0) is 21.3. The van der Waals surface area contributed by atoms with E-state index in [1.807, 2.05) is 54.0 Å². The lowest BCUT2D eigenvalue weighted by Gasteiger charge is -2.09. The third-order valence-corrected chi connectivity index (χ3v) is 5.14. The zero-order valence-electron chi connectivity index (χ0n) is 16.8. The summed E-state index contributed by atoms with van der Waals surface area (Å²) in [6.07, 6.45) is 0.103. The molecular weight excluding hydrogens is 402 g/mol. The van der Waals surface area contributed by atoms with Crippen LogP contribution in [0.1, 0.15) is 12.7 Å². The lowest BCUT2D eigenvalue weighted by atomic mass is 10.3. The van der Waals surface area contributed by atoms with Crippen molar-refractivity contribution in [3.8, 4) is 5.75 Å². The predicted molar refractivity (Wildman–Crippen MR) is 117 cm³/mol. The molecule has 0 spiro atoms. The van der Waals surface area contributed by atoms with Crippen molar-refractivity contribution in [3.63, 3.8) is 0 Å². The number of benzene rings is 2. The van der Waals surface area contributed by atoms with Crippen LogP contribution in [0.5, 0.6) is 5.75 Å². The Labute approximate surface area is 179 Å². The van der Waals surface area contributed by atoms with Gasteiger partial charge in [-0.15, -0.1) is 10.2 Å². The number of nitrogens with zero attached hydrogens (tertiary/aromatic N) is 3. The molecule has 2 aromatic carbocycles. The van der Waals surface area contributed by atoms with Crippen molar-refractivity contribution in [2.75, 3.05) is 23.5 Å². The van der Waals surface area contributed by atoms with Gasteiger partial charge in [-0.1, -0.05) is 36.0 Å². The Balaban J connectivity index is 1.57. The van der Waals surface area contributed by atoms with E-state index in [1.165, 1.54) is 11.8 Å². The van der Waals surface area contributed by atoms with E-state index in [9.17, 15) is 9.59 Å². The normalized spacial score (nSPS) is 10.5. The first-order valence-corrected chi connectivity index (χ1v) is 10.4. The van der Waals surface area contributed by atoms with E-state index in [0.29, 0.717) is 29.0 Å². The number of methoxy groups -OCH3 is 1. The van der Waals surface area contributed by atoms with E-state index >= 15 is 0 Å². The first-order valence-electron chi connectivity index (χ1n) is 9.42. The van der Waals surface area contributed by atoms with Gasteiger partial charge in [0.1, 0.15) is 11.6 Å². The topological polar surface area (TPSA) is 98.1 Å². The number of amides is 2. The highest BCUT2D eigenvalue weighted by Gasteiger charge is 2.16. The lowest BCUT2D eigenvalue weighted by molar-refractivity contribution is -0.116. The third-order valence-electron chi connectivity index (χ3n) is 4.17. The van der Waals surface area contributed by atoms with Crippen LogP contribution in [0.2, 0.25) is 0 Å². The maximum Gasteiger partial charge on any atom is 0.234 e. The Bertz CT molecular complexity index is 1010. The maximum atomic E-state index is 12.3. The summed E-state index contributed by atoms with van der Waals surface area (Å²) in [5, 5.41) is 14.5. The Hall–Kier alpha value is -3.33. The number of anilines is 2. The van der Waals surface area contributed by atoms with Crippen molar-refractivity contribution in [3.05, 3.63) is 60.4 Å². The smallest absolute Gasteiger partial charge is 0.234 e. The Morgan fingerprint density at radius 1 is 1.00 bits per heavy atom. The van der Waals surface area contributed by atoms with E-state index in [-0.39, 0.29) is 24.0 Å². The van der Waals surface area contributed by atoms with Gasteiger partial charge in [0.05, 0.1) is 19.3 Å². The van der Waals surface area contributed by atoms with Gasteiger partial charge >= 0.3 is 0 Å². The largest absolute Gasteiger partial charge is 0.497 e. The molecule has 0 saturated heterocycles. The molecule has 9 heteroatoms. The van der Waals surface area contributed by atoms with Crippen molar-refractivity contribution >= 4 is 35.0 Å². The molecule has 8 nitrogen and oxygen atoms in total. The fraction of sp³-hybridized carbons (Fsp3) is 0.238. The van der Waals surface area contributed by atoms with Gasteiger partial charge in [-0.3, -0.25) is 9.59 Å². The van der Waals surface area contributed by atoms with Gasteiger partial charge in [0.15, 0.2) is 5.16 Å². The first kappa shape index (κ1) is 21.4. The molecule has 0 unspecified atom stereocenters. The molecule has 0 saturated carbocycles. The van der Waals surface area contributed by atoms with E-state index in [4.69, 9.17) is 4.74 Å². The minimum atomic E-state index is -0.171. The van der Waals surface area contributed by atoms with E-state index < -0.39 is 0 Å². The quantitative estimate of drug-likeness (QED) is 0.511. The second-order valence-corrected chi connectivity index (χ2v) is 7.25. The number of hydrogen-bond donors (Lipinski definition) is 2. The molecule has 1 aromatic heterocycles. The molecule has 2 amide bonds.